The van der Waals surface area contributed by atoms with E-state index in [0.717, 1.165) is 17.3 Å². The number of hydrogen-bond donors (Lipinski definition) is 0. The quantitative estimate of drug-likeness (QED) is 0.101. The molecule has 0 atom stereocenters. The Balaban J connectivity index is 0.000000169. The van der Waals surface area contributed by atoms with Gasteiger partial charge in [0.1, 0.15) is 52.7 Å². The Morgan fingerprint density at radius 2 is 1.22 bits per heavy atom. The van der Waals surface area contributed by atoms with Crippen molar-refractivity contribution < 1.29 is 36.1 Å². The number of rotatable bonds is 10. The van der Waals surface area contributed by atoms with E-state index in [-0.39, 0.29) is 59.6 Å². The van der Waals surface area contributed by atoms with Gasteiger partial charge >= 0.3 is 0 Å². The molecule has 0 aliphatic carbocycles. The highest BCUT2D eigenvalue weighted by Gasteiger charge is 2.28. The third-order valence-corrected chi connectivity index (χ3v) is 9.05. The maximum Gasteiger partial charge on any atom is 0.256 e. The molecule has 59 heavy (non-hydrogen) atoms. The van der Waals surface area contributed by atoms with Gasteiger partial charge in [-0.3, -0.25) is 19.1 Å². The van der Waals surface area contributed by atoms with Gasteiger partial charge in [0.15, 0.2) is 34.3 Å². The van der Waals surface area contributed by atoms with Crippen molar-refractivity contribution in [1.82, 2.24) is 49.8 Å². The fourth-order valence-corrected chi connectivity index (χ4v) is 6.04. The predicted molar refractivity (Wildman–Crippen MR) is 201 cm³/mol. The number of halogens is 5. The largest absolute Gasteiger partial charge is 0.499 e. The first-order chi connectivity index (χ1) is 28.6. The molecule has 9 rings (SSSR count). The van der Waals surface area contributed by atoms with Gasteiger partial charge in [0.05, 0.1) is 50.5 Å². The molecular weight excluding hydrogens is 798 g/mol. The number of anilines is 1. The van der Waals surface area contributed by atoms with Crippen LogP contribution in [0, 0.1) is 23.3 Å². The average molecular weight is 824 g/mol. The number of nitrogens with zero attached hydrogens (tertiary/aromatic N) is 11. The fraction of sp³-hybridized carbons (Fsp3) is 0.103. The van der Waals surface area contributed by atoms with Crippen LogP contribution >= 0.6 is 11.6 Å². The van der Waals surface area contributed by atoms with E-state index in [9.17, 15) is 22.4 Å². The SMILES string of the molecule is COC1=CC(=O)N(c2nc(-c3cc(-c4ccon4)n(Cc4ccccc4F)n3)ncc2F)C1.Fc1ccccc1Cn1nc(-c2ncc(F)c(Cl)n2)cc1-c1ccon1. The molecule has 0 saturated heterocycles. The summed E-state index contributed by atoms with van der Waals surface area (Å²) in [5.74, 6) is -2.24. The van der Waals surface area contributed by atoms with Crippen molar-refractivity contribution in [2.75, 3.05) is 18.6 Å². The summed E-state index contributed by atoms with van der Waals surface area (Å²) in [7, 11) is 1.43. The van der Waals surface area contributed by atoms with Crippen molar-refractivity contribution >= 4 is 23.3 Å². The number of carbonyl (C=O) groups is 1. The zero-order valence-corrected chi connectivity index (χ0v) is 31.1. The zero-order valence-electron chi connectivity index (χ0n) is 30.4. The summed E-state index contributed by atoms with van der Waals surface area (Å²) in [5.41, 5.74) is 3.57. The molecular formula is C39H26ClF4N11O4. The molecule has 2 aromatic carbocycles. The van der Waals surface area contributed by atoms with E-state index in [1.807, 2.05) is 0 Å². The lowest BCUT2D eigenvalue weighted by Gasteiger charge is -2.16. The summed E-state index contributed by atoms with van der Waals surface area (Å²) in [6, 6.07) is 19.3. The Morgan fingerprint density at radius 1 is 0.695 bits per heavy atom. The Hall–Kier alpha value is -7.54. The molecule has 0 saturated carbocycles. The first-order valence-electron chi connectivity index (χ1n) is 17.4. The Bertz CT molecular complexity index is 2810. The van der Waals surface area contributed by atoms with E-state index >= 15 is 0 Å². The van der Waals surface area contributed by atoms with Crippen LogP contribution < -0.4 is 4.90 Å². The van der Waals surface area contributed by atoms with Gasteiger partial charge in [-0.05, 0) is 24.3 Å². The van der Waals surface area contributed by atoms with E-state index in [1.54, 1.807) is 65.3 Å². The van der Waals surface area contributed by atoms with E-state index in [1.165, 1.54) is 42.5 Å². The van der Waals surface area contributed by atoms with Crippen molar-refractivity contribution in [3.63, 3.8) is 0 Å². The number of ether oxygens (including phenoxy) is 1. The molecule has 6 aromatic heterocycles. The van der Waals surface area contributed by atoms with Gasteiger partial charge in [-0.2, -0.15) is 10.2 Å². The molecule has 0 spiro atoms. The lowest BCUT2D eigenvalue weighted by molar-refractivity contribution is -0.113. The van der Waals surface area contributed by atoms with Crippen LogP contribution in [0.5, 0.6) is 0 Å². The van der Waals surface area contributed by atoms with Gasteiger partial charge in [-0.1, -0.05) is 58.3 Å². The van der Waals surface area contributed by atoms with Gasteiger partial charge in [-0.15, -0.1) is 0 Å². The van der Waals surface area contributed by atoms with Crippen molar-refractivity contribution in [3.8, 4) is 45.8 Å². The van der Waals surface area contributed by atoms with E-state index in [2.05, 4.69) is 40.4 Å². The molecule has 20 heteroatoms. The van der Waals surface area contributed by atoms with Crippen molar-refractivity contribution in [1.29, 1.82) is 0 Å². The zero-order chi connectivity index (χ0) is 41.0. The third kappa shape index (κ3) is 8.17. The maximum atomic E-state index is 14.5. The number of carbonyl (C=O) groups excluding carboxylic acids is 1. The monoisotopic (exact) mass is 823 g/mol. The molecule has 0 unspecified atom stereocenters. The molecule has 0 radical (unpaired) electrons. The molecule has 7 heterocycles. The summed E-state index contributed by atoms with van der Waals surface area (Å²) in [5, 5.41) is 16.4. The molecule has 8 aromatic rings. The highest BCUT2D eigenvalue weighted by atomic mass is 35.5. The highest BCUT2D eigenvalue weighted by Crippen LogP contribution is 2.29. The van der Waals surface area contributed by atoms with Crippen LogP contribution in [-0.2, 0) is 22.6 Å². The lowest BCUT2D eigenvalue weighted by atomic mass is 10.2. The summed E-state index contributed by atoms with van der Waals surface area (Å²) in [6.45, 7) is 0.313. The van der Waals surface area contributed by atoms with Crippen LogP contribution in [0.15, 0.2) is 119 Å². The number of amides is 1. The average Bonchev–Trinajstić information content (AvgIpc) is 4.09. The molecule has 1 amide bonds. The normalized spacial score (nSPS) is 12.4. The molecule has 1 aliphatic heterocycles. The van der Waals surface area contributed by atoms with Crippen LogP contribution in [0.2, 0.25) is 5.15 Å². The van der Waals surface area contributed by atoms with Gasteiger partial charge < -0.3 is 13.8 Å². The fourth-order valence-electron chi connectivity index (χ4n) is 5.91. The van der Waals surface area contributed by atoms with Gasteiger partial charge in [-0.25, -0.2) is 37.5 Å². The molecule has 296 valence electrons. The molecule has 15 nitrogen and oxygen atoms in total. The van der Waals surface area contributed by atoms with Crippen LogP contribution in [0.4, 0.5) is 23.4 Å². The second-order valence-electron chi connectivity index (χ2n) is 12.5. The standard InChI is InChI=1S/C22H16F2N6O3.C17H10ClF2N5O/c1-32-14-8-20(31)29(12-14)22-16(24)10-25-21(26-22)18-9-19(17-6-7-33-28-17)30(27-18)11-13-4-2-3-5-15(13)23;18-16-12(20)8-21-17(22-16)14-7-15(13-5-6-26-24-13)25(23-14)9-10-3-1-2-4-11(10)19/h2-10H,11-12H2,1H3;1-8H,9H2. The van der Waals surface area contributed by atoms with Crippen molar-refractivity contribution in [3.05, 3.63) is 149 Å². The first-order valence-corrected chi connectivity index (χ1v) is 17.7. The summed E-state index contributed by atoms with van der Waals surface area (Å²) >= 11 is 5.72. The summed E-state index contributed by atoms with van der Waals surface area (Å²) in [4.78, 5) is 29.5. The minimum atomic E-state index is -0.764. The Labute approximate surface area is 335 Å². The molecule has 1 aliphatic rings. The minimum absolute atomic E-state index is 0.0502. The van der Waals surface area contributed by atoms with E-state index in [0.29, 0.717) is 45.4 Å². The predicted octanol–water partition coefficient (Wildman–Crippen LogP) is 7.17. The summed E-state index contributed by atoms with van der Waals surface area (Å²) in [6.07, 6.45) is 6.03. The van der Waals surface area contributed by atoms with E-state index < -0.39 is 17.5 Å². The molecule has 0 bridgehead atoms. The number of aromatic nitrogens is 10. The van der Waals surface area contributed by atoms with Crippen molar-refractivity contribution in [2.24, 2.45) is 0 Å². The number of methoxy groups -OCH3 is 1. The first kappa shape index (κ1) is 38.3. The second kappa shape index (κ2) is 16.5. The van der Waals surface area contributed by atoms with Gasteiger partial charge in [0.2, 0.25) is 0 Å². The number of benzene rings is 2. The minimum Gasteiger partial charge on any atom is -0.499 e. The van der Waals surface area contributed by atoms with E-state index in [4.69, 9.17) is 25.4 Å². The van der Waals surface area contributed by atoms with Crippen LogP contribution in [-0.4, -0.2) is 69.4 Å². The van der Waals surface area contributed by atoms with Crippen LogP contribution in [0.1, 0.15) is 11.1 Å². The lowest BCUT2D eigenvalue weighted by Crippen LogP contribution is -2.28. The molecule has 0 N–H and O–H groups in total. The van der Waals surface area contributed by atoms with Gasteiger partial charge in [0, 0.05) is 29.3 Å². The van der Waals surface area contributed by atoms with Crippen molar-refractivity contribution in [2.45, 2.75) is 13.1 Å². The molecule has 0 fully saturated rings. The topological polar surface area (TPSA) is 169 Å². The van der Waals surface area contributed by atoms with Crippen LogP contribution in [0.3, 0.4) is 0 Å². The number of hydrogen-bond acceptors (Lipinski definition) is 12. The maximum absolute atomic E-state index is 14.5. The van der Waals surface area contributed by atoms with Crippen LogP contribution in [0.25, 0.3) is 45.8 Å². The summed E-state index contributed by atoms with van der Waals surface area (Å²) < 4.78 is 74.1. The smallest absolute Gasteiger partial charge is 0.256 e. The highest BCUT2D eigenvalue weighted by molar-refractivity contribution is 6.29. The second-order valence-corrected chi connectivity index (χ2v) is 12.9. The Morgan fingerprint density at radius 3 is 1.69 bits per heavy atom. The Kier molecular flexibility index (Phi) is 10.7. The van der Waals surface area contributed by atoms with Gasteiger partial charge in [0.25, 0.3) is 5.91 Å². The third-order valence-electron chi connectivity index (χ3n) is 8.78.